The number of nitriles is 1. The second-order valence-electron chi connectivity index (χ2n) is 4.40. The first-order valence-electron chi connectivity index (χ1n) is 6.05. The zero-order chi connectivity index (χ0) is 12.7. The number of nitrogens with zero attached hydrogens (tertiary/aromatic N) is 1. The van der Waals surface area contributed by atoms with Gasteiger partial charge in [0, 0.05) is 13.1 Å². The minimum Gasteiger partial charge on any atom is -0.392 e. The predicted molar refractivity (Wildman–Crippen MR) is 68.3 cm³/mol. The van der Waals surface area contributed by atoms with Crippen molar-refractivity contribution in [1.29, 1.82) is 5.26 Å². The number of aliphatic hydroxyl groups is 1. The lowest BCUT2D eigenvalue weighted by Crippen LogP contribution is -2.31. The van der Waals surface area contributed by atoms with Crippen molar-refractivity contribution in [2.24, 2.45) is 5.92 Å². The summed E-state index contributed by atoms with van der Waals surface area (Å²) in [6.45, 7) is 5.39. The SMILES string of the molecule is CCC(C)C(O)CNCc1cccc(C#N)c1. The van der Waals surface area contributed by atoms with E-state index in [4.69, 9.17) is 5.26 Å². The maximum absolute atomic E-state index is 9.78. The molecule has 1 rings (SSSR count). The number of aliphatic hydroxyl groups excluding tert-OH is 1. The van der Waals surface area contributed by atoms with Crippen molar-refractivity contribution >= 4 is 0 Å². The Hall–Kier alpha value is -1.37. The van der Waals surface area contributed by atoms with Gasteiger partial charge in [0.25, 0.3) is 0 Å². The molecule has 0 amide bonds. The summed E-state index contributed by atoms with van der Waals surface area (Å²) >= 11 is 0. The van der Waals surface area contributed by atoms with Gasteiger partial charge in [0.05, 0.1) is 17.7 Å². The monoisotopic (exact) mass is 232 g/mol. The number of benzene rings is 1. The van der Waals surface area contributed by atoms with Crippen LogP contribution in [0.2, 0.25) is 0 Å². The largest absolute Gasteiger partial charge is 0.392 e. The maximum Gasteiger partial charge on any atom is 0.0991 e. The van der Waals surface area contributed by atoms with E-state index in [0.29, 0.717) is 24.6 Å². The van der Waals surface area contributed by atoms with E-state index in [2.05, 4.69) is 18.3 Å². The van der Waals surface area contributed by atoms with Gasteiger partial charge in [-0.3, -0.25) is 0 Å². The molecule has 0 aliphatic heterocycles. The average Bonchev–Trinajstić information content (AvgIpc) is 2.37. The van der Waals surface area contributed by atoms with Gasteiger partial charge in [-0.05, 0) is 23.6 Å². The van der Waals surface area contributed by atoms with Crippen molar-refractivity contribution in [3.63, 3.8) is 0 Å². The Bertz CT molecular complexity index is 384. The van der Waals surface area contributed by atoms with Crippen LogP contribution in [0.4, 0.5) is 0 Å². The van der Waals surface area contributed by atoms with Gasteiger partial charge in [0.2, 0.25) is 0 Å². The van der Waals surface area contributed by atoms with Crippen LogP contribution in [0.1, 0.15) is 31.4 Å². The molecule has 0 fully saturated rings. The fraction of sp³-hybridized carbons (Fsp3) is 0.500. The molecule has 2 unspecified atom stereocenters. The van der Waals surface area contributed by atoms with E-state index in [0.717, 1.165) is 12.0 Å². The number of hydrogen-bond acceptors (Lipinski definition) is 3. The van der Waals surface area contributed by atoms with Crippen LogP contribution >= 0.6 is 0 Å². The summed E-state index contributed by atoms with van der Waals surface area (Å²) in [6, 6.07) is 9.62. The van der Waals surface area contributed by atoms with E-state index < -0.39 is 0 Å². The number of rotatable bonds is 6. The standard InChI is InChI=1S/C14H20N2O/c1-3-11(2)14(17)10-16-9-13-6-4-5-12(7-13)8-15/h4-7,11,14,16-17H,3,9-10H2,1-2H3. The Balaban J connectivity index is 2.38. The van der Waals surface area contributed by atoms with Gasteiger partial charge in [-0.1, -0.05) is 32.4 Å². The first-order valence-corrected chi connectivity index (χ1v) is 6.05. The van der Waals surface area contributed by atoms with E-state index in [1.807, 2.05) is 25.1 Å². The van der Waals surface area contributed by atoms with Crippen LogP contribution in [0.5, 0.6) is 0 Å². The highest BCUT2D eigenvalue weighted by Crippen LogP contribution is 2.07. The molecular weight excluding hydrogens is 212 g/mol. The highest BCUT2D eigenvalue weighted by atomic mass is 16.3. The molecule has 0 aromatic heterocycles. The minimum absolute atomic E-state index is 0.306. The average molecular weight is 232 g/mol. The van der Waals surface area contributed by atoms with E-state index in [-0.39, 0.29) is 6.10 Å². The molecule has 0 saturated carbocycles. The van der Waals surface area contributed by atoms with Crippen molar-refractivity contribution in [1.82, 2.24) is 5.32 Å². The third-order valence-corrected chi connectivity index (χ3v) is 3.04. The fourth-order valence-corrected chi connectivity index (χ4v) is 1.59. The second kappa shape index (κ2) is 7.05. The molecule has 0 saturated heterocycles. The molecular formula is C14H20N2O. The molecule has 1 aromatic rings. The lowest BCUT2D eigenvalue weighted by molar-refractivity contribution is 0.113. The highest BCUT2D eigenvalue weighted by Gasteiger charge is 2.10. The lowest BCUT2D eigenvalue weighted by Gasteiger charge is -2.17. The zero-order valence-electron chi connectivity index (χ0n) is 10.5. The zero-order valence-corrected chi connectivity index (χ0v) is 10.5. The lowest BCUT2D eigenvalue weighted by atomic mass is 10.0. The van der Waals surface area contributed by atoms with E-state index >= 15 is 0 Å². The first-order chi connectivity index (χ1) is 8.17. The third kappa shape index (κ3) is 4.56. The minimum atomic E-state index is -0.306. The van der Waals surface area contributed by atoms with Crippen LogP contribution in [0.25, 0.3) is 0 Å². The van der Waals surface area contributed by atoms with Gasteiger partial charge >= 0.3 is 0 Å². The smallest absolute Gasteiger partial charge is 0.0991 e. The predicted octanol–water partition coefficient (Wildman–Crippen LogP) is 2.05. The Morgan fingerprint density at radius 3 is 2.88 bits per heavy atom. The molecule has 3 heteroatoms. The number of hydrogen-bond donors (Lipinski definition) is 2. The van der Waals surface area contributed by atoms with Crippen LogP contribution in [0.3, 0.4) is 0 Å². The Morgan fingerprint density at radius 2 is 2.24 bits per heavy atom. The van der Waals surface area contributed by atoms with Gasteiger partial charge in [0.1, 0.15) is 0 Å². The van der Waals surface area contributed by atoms with E-state index in [1.165, 1.54) is 0 Å². The van der Waals surface area contributed by atoms with Gasteiger partial charge < -0.3 is 10.4 Å². The second-order valence-corrected chi connectivity index (χ2v) is 4.40. The summed E-state index contributed by atoms with van der Waals surface area (Å²) in [4.78, 5) is 0. The summed E-state index contributed by atoms with van der Waals surface area (Å²) in [5.41, 5.74) is 1.74. The molecule has 0 aliphatic carbocycles. The summed E-state index contributed by atoms with van der Waals surface area (Å²) in [5.74, 6) is 0.313. The quantitative estimate of drug-likeness (QED) is 0.789. The van der Waals surface area contributed by atoms with Gasteiger partial charge in [-0.2, -0.15) is 5.26 Å². The van der Waals surface area contributed by atoms with Gasteiger partial charge in [-0.15, -0.1) is 0 Å². The number of nitrogens with one attached hydrogen (secondary N) is 1. The van der Waals surface area contributed by atoms with Crippen LogP contribution in [0, 0.1) is 17.2 Å². The van der Waals surface area contributed by atoms with E-state index in [1.54, 1.807) is 6.07 Å². The van der Waals surface area contributed by atoms with E-state index in [9.17, 15) is 5.11 Å². The summed E-state index contributed by atoms with van der Waals surface area (Å²) < 4.78 is 0. The molecule has 1 aromatic carbocycles. The normalized spacial score (nSPS) is 14.0. The molecule has 0 radical (unpaired) electrons. The molecule has 0 aliphatic rings. The summed E-state index contributed by atoms with van der Waals surface area (Å²) in [7, 11) is 0. The van der Waals surface area contributed by atoms with Crippen LogP contribution in [0.15, 0.2) is 24.3 Å². The molecule has 0 heterocycles. The van der Waals surface area contributed by atoms with Gasteiger partial charge in [0.15, 0.2) is 0 Å². The third-order valence-electron chi connectivity index (χ3n) is 3.04. The molecule has 2 N–H and O–H groups in total. The highest BCUT2D eigenvalue weighted by molar-refractivity contribution is 5.32. The summed E-state index contributed by atoms with van der Waals surface area (Å²) in [6.07, 6.45) is 0.673. The van der Waals surface area contributed by atoms with Gasteiger partial charge in [-0.25, -0.2) is 0 Å². The van der Waals surface area contributed by atoms with Crippen molar-refractivity contribution in [2.45, 2.75) is 32.9 Å². The topological polar surface area (TPSA) is 56.0 Å². The van der Waals surface area contributed by atoms with Crippen molar-refractivity contribution < 1.29 is 5.11 Å². The van der Waals surface area contributed by atoms with Crippen LogP contribution in [-0.2, 0) is 6.54 Å². The van der Waals surface area contributed by atoms with Crippen LogP contribution < -0.4 is 5.32 Å². The first kappa shape index (κ1) is 13.7. The van der Waals surface area contributed by atoms with Crippen molar-refractivity contribution in [3.8, 4) is 6.07 Å². The molecule has 2 atom stereocenters. The van der Waals surface area contributed by atoms with Crippen molar-refractivity contribution in [3.05, 3.63) is 35.4 Å². The Kier molecular flexibility index (Phi) is 5.68. The maximum atomic E-state index is 9.78. The molecule has 17 heavy (non-hydrogen) atoms. The Labute approximate surface area is 103 Å². The molecule has 0 bridgehead atoms. The van der Waals surface area contributed by atoms with Crippen LogP contribution in [-0.4, -0.2) is 17.8 Å². The van der Waals surface area contributed by atoms with Crippen molar-refractivity contribution in [2.75, 3.05) is 6.54 Å². The summed E-state index contributed by atoms with van der Waals surface area (Å²) in [5, 5.41) is 21.8. The molecule has 3 nitrogen and oxygen atoms in total. The molecule has 0 spiro atoms. The Morgan fingerprint density at radius 1 is 1.47 bits per heavy atom. The molecule has 92 valence electrons. The fourth-order valence-electron chi connectivity index (χ4n) is 1.59.